The van der Waals surface area contributed by atoms with Crippen molar-refractivity contribution in [2.75, 3.05) is 46.6 Å². The molecule has 2 rings (SSSR count). The summed E-state index contributed by atoms with van der Waals surface area (Å²) >= 11 is 0. The van der Waals surface area contributed by atoms with E-state index in [0.717, 1.165) is 25.1 Å². The molecule has 6 heteroatoms. The fraction of sp³-hybridized carbons (Fsp3) is 0.667. The summed E-state index contributed by atoms with van der Waals surface area (Å²) < 4.78 is 10.6. The first kappa shape index (κ1) is 13.0. The highest BCUT2D eigenvalue weighted by Gasteiger charge is 2.15. The molecule has 6 nitrogen and oxygen atoms in total. The average Bonchev–Trinajstić information content (AvgIpc) is 2.46. The molecule has 0 bridgehead atoms. The van der Waals surface area contributed by atoms with Gasteiger partial charge in [-0.15, -0.1) is 0 Å². The first-order chi connectivity index (χ1) is 8.81. The quantitative estimate of drug-likeness (QED) is 0.527. The Kier molecular flexibility index (Phi) is 4.72. The van der Waals surface area contributed by atoms with Crippen LogP contribution in [-0.4, -0.2) is 63.3 Å². The van der Waals surface area contributed by atoms with Gasteiger partial charge in [-0.3, -0.25) is 4.99 Å². The van der Waals surface area contributed by atoms with Crippen molar-refractivity contribution in [2.45, 2.75) is 6.42 Å². The van der Waals surface area contributed by atoms with Crippen molar-refractivity contribution in [1.29, 1.82) is 0 Å². The van der Waals surface area contributed by atoms with E-state index < -0.39 is 0 Å². The number of morpholine rings is 1. The normalized spacial score (nSPS) is 22.9. The molecule has 100 valence electrons. The molecule has 0 aromatic carbocycles. The molecule has 0 saturated carbocycles. The fourth-order valence-corrected chi connectivity index (χ4v) is 1.96. The van der Waals surface area contributed by atoms with Gasteiger partial charge in [-0.2, -0.15) is 4.99 Å². The lowest BCUT2D eigenvalue weighted by molar-refractivity contribution is 0.0675. The largest absolute Gasteiger partial charge is 0.383 e. The number of ether oxygens (including phenoxy) is 2. The highest BCUT2D eigenvalue weighted by atomic mass is 16.5. The van der Waals surface area contributed by atoms with E-state index in [1.165, 1.54) is 0 Å². The molecule has 0 unspecified atom stereocenters. The maximum absolute atomic E-state index is 6.02. The number of rotatable bonds is 1. The summed E-state index contributed by atoms with van der Waals surface area (Å²) in [6.07, 6.45) is 2.80. The van der Waals surface area contributed by atoms with Gasteiger partial charge in [0.2, 0.25) is 5.96 Å². The van der Waals surface area contributed by atoms with Gasteiger partial charge in [0.25, 0.3) is 0 Å². The smallest absolute Gasteiger partial charge is 0.222 e. The molecular weight excluding hydrogens is 232 g/mol. The second kappa shape index (κ2) is 6.51. The molecule has 2 N–H and O–H groups in total. The van der Waals surface area contributed by atoms with E-state index in [1.807, 2.05) is 6.08 Å². The zero-order valence-electron chi connectivity index (χ0n) is 10.8. The molecule has 0 amide bonds. The number of amidine groups is 1. The van der Waals surface area contributed by atoms with Crippen LogP contribution in [0.4, 0.5) is 0 Å². The molecule has 0 aromatic heterocycles. The Morgan fingerprint density at radius 1 is 1.28 bits per heavy atom. The summed E-state index contributed by atoms with van der Waals surface area (Å²) in [7, 11) is 1.74. The lowest BCUT2D eigenvalue weighted by atomic mass is 10.1. The Morgan fingerprint density at radius 2 is 2.06 bits per heavy atom. The molecular formula is C12H20N4O2. The molecule has 0 radical (unpaired) electrons. The van der Waals surface area contributed by atoms with Gasteiger partial charge in [-0.25, -0.2) is 0 Å². The maximum atomic E-state index is 6.02. The van der Waals surface area contributed by atoms with Crippen molar-refractivity contribution in [3.05, 3.63) is 11.6 Å². The molecule has 0 aliphatic carbocycles. The number of hydrogen-bond acceptors (Lipinski definition) is 3. The highest BCUT2D eigenvalue weighted by Crippen LogP contribution is 2.09. The van der Waals surface area contributed by atoms with Gasteiger partial charge in [-0.1, -0.05) is 6.08 Å². The summed E-state index contributed by atoms with van der Waals surface area (Å²) in [4.78, 5) is 10.7. The third-order valence-corrected chi connectivity index (χ3v) is 3.01. The van der Waals surface area contributed by atoms with Gasteiger partial charge >= 0.3 is 0 Å². The van der Waals surface area contributed by atoms with Crippen molar-refractivity contribution in [3.63, 3.8) is 0 Å². The maximum Gasteiger partial charge on any atom is 0.222 e. The molecule has 0 atom stereocenters. The van der Waals surface area contributed by atoms with E-state index in [9.17, 15) is 0 Å². The molecule has 0 spiro atoms. The lowest BCUT2D eigenvalue weighted by Gasteiger charge is -2.27. The van der Waals surface area contributed by atoms with E-state index in [-0.39, 0.29) is 0 Å². The third kappa shape index (κ3) is 3.30. The molecule has 1 fully saturated rings. The Bertz CT molecular complexity index is 370. The Balaban J connectivity index is 2.06. The summed E-state index contributed by atoms with van der Waals surface area (Å²) in [5.41, 5.74) is 7.07. The van der Waals surface area contributed by atoms with Gasteiger partial charge in [0.05, 0.1) is 26.4 Å². The van der Waals surface area contributed by atoms with Crippen molar-refractivity contribution < 1.29 is 9.47 Å². The van der Waals surface area contributed by atoms with Crippen LogP contribution >= 0.6 is 0 Å². The molecule has 0 aromatic rings. The highest BCUT2D eigenvalue weighted by molar-refractivity contribution is 6.04. The van der Waals surface area contributed by atoms with E-state index in [0.29, 0.717) is 38.2 Å². The van der Waals surface area contributed by atoms with Crippen molar-refractivity contribution in [2.24, 2.45) is 15.7 Å². The van der Waals surface area contributed by atoms with Crippen LogP contribution in [0, 0.1) is 0 Å². The molecule has 2 aliphatic rings. The second-order valence-electron chi connectivity index (χ2n) is 4.17. The molecule has 18 heavy (non-hydrogen) atoms. The number of guanidine groups is 1. The van der Waals surface area contributed by atoms with E-state index in [4.69, 9.17) is 15.2 Å². The second-order valence-corrected chi connectivity index (χ2v) is 4.17. The molecule has 2 aliphatic heterocycles. The Morgan fingerprint density at radius 3 is 2.67 bits per heavy atom. The lowest BCUT2D eigenvalue weighted by Crippen LogP contribution is -2.41. The SMILES string of the molecule is CN=C(/N=C(\N)C1=CCOCC1)N1CCOCC1. The Labute approximate surface area is 107 Å². The van der Waals surface area contributed by atoms with E-state index >= 15 is 0 Å². The minimum Gasteiger partial charge on any atom is -0.383 e. The average molecular weight is 252 g/mol. The van der Waals surface area contributed by atoms with E-state index in [2.05, 4.69) is 14.9 Å². The van der Waals surface area contributed by atoms with Gasteiger partial charge in [0.15, 0.2) is 0 Å². The minimum absolute atomic E-state index is 0.547. The zero-order chi connectivity index (χ0) is 12.8. The van der Waals surface area contributed by atoms with Crippen LogP contribution in [-0.2, 0) is 9.47 Å². The van der Waals surface area contributed by atoms with Crippen LogP contribution in [0.3, 0.4) is 0 Å². The van der Waals surface area contributed by atoms with Gasteiger partial charge in [-0.05, 0) is 12.0 Å². The monoisotopic (exact) mass is 252 g/mol. The number of nitrogens with zero attached hydrogens (tertiary/aromatic N) is 3. The summed E-state index contributed by atoms with van der Waals surface area (Å²) in [5, 5.41) is 0. The molecule has 1 saturated heterocycles. The molecule has 2 heterocycles. The standard InChI is InChI=1S/C12H20N4O2/c1-14-12(16-4-8-18-9-5-16)15-11(13)10-2-6-17-7-3-10/h2H,3-9H2,1H3,(H2,13,14,15). The number of hydrogen-bond donors (Lipinski definition) is 1. The first-order valence-corrected chi connectivity index (χ1v) is 6.22. The predicted molar refractivity (Wildman–Crippen MR) is 70.9 cm³/mol. The van der Waals surface area contributed by atoms with Crippen LogP contribution < -0.4 is 5.73 Å². The minimum atomic E-state index is 0.547. The van der Waals surface area contributed by atoms with E-state index in [1.54, 1.807) is 7.05 Å². The van der Waals surface area contributed by atoms with Crippen molar-refractivity contribution in [3.8, 4) is 0 Å². The van der Waals surface area contributed by atoms with Crippen LogP contribution in [0.25, 0.3) is 0 Å². The fourth-order valence-electron chi connectivity index (χ4n) is 1.96. The van der Waals surface area contributed by atoms with Crippen LogP contribution in [0.15, 0.2) is 21.6 Å². The van der Waals surface area contributed by atoms with Gasteiger partial charge < -0.3 is 20.1 Å². The summed E-state index contributed by atoms with van der Waals surface area (Å²) in [6.45, 7) is 4.37. The van der Waals surface area contributed by atoms with Crippen LogP contribution in [0.5, 0.6) is 0 Å². The van der Waals surface area contributed by atoms with Crippen molar-refractivity contribution in [1.82, 2.24) is 4.90 Å². The Hall–Kier alpha value is -1.40. The third-order valence-electron chi connectivity index (χ3n) is 3.01. The van der Waals surface area contributed by atoms with Gasteiger partial charge in [0, 0.05) is 20.1 Å². The van der Waals surface area contributed by atoms with Gasteiger partial charge in [0.1, 0.15) is 5.84 Å². The van der Waals surface area contributed by atoms with Crippen LogP contribution in [0.2, 0.25) is 0 Å². The topological polar surface area (TPSA) is 72.4 Å². The summed E-state index contributed by atoms with van der Waals surface area (Å²) in [6, 6.07) is 0. The zero-order valence-corrected chi connectivity index (χ0v) is 10.8. The predicted octanol–water partition coefficient (Wildman–Crippen LogP) is 0.00830. The number of nitrogens with two attached hydrogens (primary N) is 1. The summed E-state index contributed by atoms with van der Waals surface area (Å²) in [5.74, 6) is 1.23. The first-order valence-electron chi connectivity index (χ1n) is 6.22. The van der Waals surface area contributed by atoms with Crippen molar-refractivity contribution >= 4 is 11.8 Å². The van der Waals surface area contributed by atoms with Crippen LogP contribution in [0.1, 0.15) is 6.42 Å². The number of aliphatic imine (C=N–C) groups is 2.